The molecule has 0 fully saturated rings. The van der Waals surface area contributed by atoms with Gasteiger partial charge in [0.2, 0.25) is 0 Å². The molecule has 0 aliphatic heterocycles. The van der Waals surface area contributed by atoms with Gasteiger partial charge in [0.1, 0.15) is 27.6 Å². The van der Waals surface area contributed by atoms with E-state index in [-0.39, 0.29) is 34.2 Å². The number of carbonyl (C=O) groups excluding carboxylic acids is 3. The number of methoxy groups -OCH3 is 2. The van der Waals surface area contributed by atoms with Crippen LogP contribution in [0.3, 0.4) is 0 Å². The lowest BCUT2D eigenvalue weighted by molar-refractivity contribution is -0.119. The first-order valence-corrected chi connectivity index (χ1v) is 11.4. The minimum absolute atomic E-state index is 0.0636. The Morgan fingerprint density at radius 1 is 0.912 bits per heavy atom. The number of halogens is 1. The van der Waals surface area contributed by atoms with E-state index in [0.717, 1.165) is 16.9 Å². The van der Waals surface area contributed by atoms with Crippen molar-refractivity contribution in [2.24, 2.45) is 0 Å². The fourth-order valence-electron chi connectivity index (χ4n) is 3.12. The highest BCUT2D eigenvalue weighted by molar-refractivity contribution is 7.15. The van der Waals surface area contributed by atoms with Gasteiger partial charge in [-0.2, -0.15) is 0 Å². The van der Waals surface area contributed by atoms with Gasteiger partial charge in [0.25, 0.3) is 5.91 Å². The average Bonchev–Trinajstić information content (AvgIpc) is 3.25. The maximum atomic E-state index is 12.7. The van der Waals surface area contributed by atoms with Crippen LogP contribution in [0.15, 0.2) is 47.8 Å². The maximum Gasteiger partial charge on any atom is 0.346 e. The lowest BCUT2D eigenvalue weighted by Gasteiger charge is -2.12. The molecular weight excluding hydrogens is 482 g/mol. The van der Waals surface area contributed by atoms with Gasteiger partial charge in [0, 0.05) is 16.0 Å². The molecule has 1 amide bonds. The zero-order chi connectivity index (χ0) is 24.7. The Morgan fingerprint density at radius 2 is 1.53 bits per heavy atom. The molecule has 0 saturated heterocycles. The molecule has 0 aliphatic rings. The second-order valence-corrected chi connectivity index (χ2v) is 8.06. The van der Waals surface area contributed by atoms with Crippen LogP contribution in [0.25, 0.3) is 11.1 Å². The minimum atomic E-state index is -0.789. The number of carbonyl (C=O) groups is 3. The monoisotopic (exact) mass is 503 g/mol. The number of hydrogen-bond donors (Lipinski definition) is 1. The van der Waals surface area contributed by atoms with Crippen molar-refractivity contribution in [1.82, 2.24) is 0 Å². The van der Waals surface area contributed by atoms with Crippen LogP contribution in [-0.4, -0.2) is 45.3 Å². The Bertz CT molecular complexity index is 1170. The second-order valence-electron chi connectivity index (χ2n) is 6.74. The predicted octanol–water partition coefficient (Wildman–Crippen LogP) is 5.06. The molecule has 8 nitrogen and oxygen atoms in total. The summed E-state index contributed by atoms with van der Waals surface area (Å²) in [5.74, 6) is -1.50. The van der Waals surface area contributed by atoms with Crippen LogP contribution in [0.2, 0.25) is 5.02 Å². The average molecular weight is 504 g/mol. The third kappa shape index (κ3) is 5.67. The van der Waals surface area contributed by atoms with Crippen molar-refractivity contribution in [3.63, 3.8) is 0 Å². The summed E-state index contributed by atoms with van der Waals surface area (Å²) in [4.78, 5) is 37.8. The predicted molar refractivity (Wildman–Crippen MR) is 129 cm³/mol. The van der Waals surface area contributed by atoms with Crippen LogP contribution >= 0.6 is 22.9 Å². The van der Waals surface area contributed by atoms with E-state index in [0.29, 0.717) is 10.6 Å². The van der Waals surface area contributed by atoms with E-state index in [1.807, 2.05) is 0 Å². The molecule has 1 N–H and O–H groups in total. The van der Waals surface area contributed by atoms with Crippen molar-refractivity contribution in [1.29, 1.82) is 0 Å². The van der Waals surface area contributed by atoms with Gasteiger partial charge in [0.05, 0.1) is 20.8 Å². The molecule has 0 radical (unpaired) electrons. The van der Waals surface area contributed by atoms with Crippen LogP contribution in [-0.2, 0) is 14.3 Å². The Balaban J connectivity index is 1.78. The van der Waals surface area contributed by atoms with Gasteiger partial charge in [-0.1, -0.05) is 29.8 Å². The highest BCUT2D eigenvalue weighted by Crippen LogP contribution is 2.36. The topological polar surface area (TPSA) is 100 Å². The van der Waals surface area contributed by atoms with Crippen LogP contribution in [0, 0.1) is 0 Å². The minimum Gasteiger partial charge on any atom is -0.496 e. The quantitative estimate of drug-likeness (QED) is 0.407. The van der Waals surface area contributed by atoms with E-state index in [2.05, 4.69) is 5.32 Å². The van der Waals surface area contributed by atoms with Crippen molar-refractivity contribution in [2.45, 2.75) is 6.92 Å². The third-order valence-corrected chi connectivity index (χ3v) is 5.79. The Labute approximate surface area is 205 Å². The molecule has 1 aromatic heterocycles. The van der Waals surface area contributed by atoms with E-state index in [4.69, 9.17) is 30.5 Å². The van der Waals surface area contributed by atoms with Gasteiger partial charge >= 0.3 is 11.9 Å². The number of nitrogens with one attached hydrogen (secondary N) is 1. The van der Waals surface area contributed by atoms with Gasteiger partial charge in [-0.05, 0) is 36.8 Å². The first-order valence-electron chi connectivity index (χ1n) is 10.1. The largest absolute Gasteiger partial charge is 0.496 e. The van der Waals surface area contributed by atoms with E-state index < -0.39 is 24.5 Å². The van der Waals surface area contributed by atoms with Gasteiger partial charge in [-0.15, -0.1) is 11.3 Å². The van der Waals surface area contributed by atoms with Crippen molar-refractivity contribution >= 4 is 45.8 Å². The SMILES string of the molecule is CCOC(=O)c1c(-c2ccc(Cl)cc2)csc1NC(=O)COC(=O)c1c(OC)cccc1OC. The van der Waals surface area contributed by atoms with E-state index in [1.165, 1.54) is 14.2 Å². The third-order valence-electron chi connectivity index (χ3n) is 4.65. The highest BCUT2D eigenvalue weighted by Gasteiger charge is 2.24. The van der Waals surface area contributed by atoms with Crippen LogP contribution in [0.4, 0.5) is 5.00 Å². The fraction of sp³-hybridized carbons (Fsp3) is 0.208. The van der Waals surface area contributed by atoms with Gasteiger partial charge < -0.3 is 24.3 Å². The molecule has 0 spiro atoms. The molecule has 3 rings (SSSR count). The van der Waals surface area contributed by atoms with Crippen molar-refractivity contribution < 1.29 is 33.3 Å². The van der Waals surface area contributed by atoms with Crippen molar-refractivity contribution in [3.8, 4) is 22.6 Å². The molecule has 0 saturated carbocycles. The van der Waals surface area contributed by atoms with E-state index in [9.17, 15) is 14.4 Å². The summed E-state index contributed by atoms with van der Waals surface area (Å²) < 4.78 is 20.7. The number of ether oxygens (including phenoxy) is 4. The number of hydrogen-bond acceptors (Lipinski definition) is 8. The van der Waals surface area contributed by atoms with Crippen LogP contribution in [0.5, 0.6) is 11.5 Å². The van der Waals surface area contributed by atoms with Gasteiger partial charge in [-0.25, -0.2) is 9.59 Å². The van der Waals surface area contributed by atoms with Crippen LogP contribution in [0.1, 0.15) is 27.6 Å². The smallest absolute Gasteiger partial charge is 0.346 e. The number of benzene rings is 2. The normalized spacial score (nSPS) is 10.4. The molecule has 1 heterocycles. The summed E-state index contributed by atoms with van der Waals surface area (Å²) >= 11 is 7.12. The molecule has 0 aliphatic carbocycles. The highest BCUT2D eigenvalue weighted by atomic mass is 35.5. The molecule has 34 heavy (non-hydrogen) atoms. The van der Waals surface area contributed by atoms with E-state index >= 15 is 0 Å². The summed E-state index contributed by atoms with van der Waals surface area (Å²) in [6.45, 7) is 1.27. The lowest BCUT2D eigenvalue weighted by atomic mass is 10.0. The number of anilines is 1. The van der Waals surface area contributed by atoms with E-state index in [1.54, 1.807) is 54.8 Å². The van der Waals surface area contributed by atoms with Crippen LogP contribution < -0.4 is 14.8 Å². The standard InChI is InChI=1S/C24H22ClNO7S/c1-4-32-23(28)20-16(14-8-10-15(25)11-9-14)13-34-22(20)26-19(27)12-33-24(29)21-17(30-2)6-5-7-18(21)31-3/h5-11,13H,4,12H2,1-3H3,(H,26,27). The summed E-state index contributed by atoms with van der Waals surface area (Å²) in [5, 5.41) is 5.19. The summed E-state index contributed by atoms with van der Waals surface area (Å²) in [6, 6.07) is 11.7. The Hall–Kier alpha value is -3.56. The molecule has 3 aromatic rings. The number of esters is 2. The first kappa shape index (κ1) is 25.1. The zero-order valence-electron chi connectivity index (χ0n) is 18.7. The number of amides is 1. The summed E-state index contributed by atoms with van der Waals surface area (Å²) in [5.41, 5.74) is 1.60. The Kier molecular flexibility index (Phi) is 8.50. The van der Waals surface area contributed by atoms with Gasteiger partial charge in [-0.3, -0.25) is 4.79 Å². The van der Waals surface area contributed by atoms with Crippen molar-refractivity contribution in [3.05, 3.63) is 64.0 Å². The lowest BCUT2D eigenvalue weighted by Crippen LogP contribution is -2.22. The molecule has 10 heteroatoms. The molecule has 2 aromatic carbocycles. The summed E-state index contributed by atoms with van der Waals surface area (Å²) in [6.07, 6.45) is 0. The van der Waals surface area contributed by atoms with Gasteiger partial charge in [0.15, 0.2) is 6.61 Å². The maximum absolute atomic E-state index is 12.7. The summed E-state index contributed by atoms with van der Waals surface area (Å²) in [7, 11) is 2.81. The molecule has 0 unspecified atom stereocenters. The molecule has 0 atom stereocenters. The molecule has 0 bridgehead atoms. The Morgan fingerprint density at radius 3 is 2.12 bits per heavy atom. The fourth-order valence-corrected chi connectivity index (χ4v) is 4.22. The molecule has 178 valence electrons. The first-order chi connectivity index (χ1) is 16.4. The molecular formula is C24H22ClNO7S. The second kappa shape index (κ2) is 11.5. The number of rotatable bonds is 9. The zero-order valence-corrected chi connectivity index (χ0v) is 20.2. The van der Waals surface area contributed by atoms with Crippen molar-refractivity contribution in [2.75, 3.05) is 32.8 Å². The number of thiophene rings is 1.